The average Bonchev–Trinajstić information content (AvgIpc) is 2.36. The van der Waals surface area contributed by atoms with Gasteiger partial charge in [-0.05, 0) is 19.4 Å². The third kappa shape index (κ3) is 4.54. The van der Waals surface area contributed by atoms with Crippen LogP contribution in [0.1, 0.15) is 25.5 Å². The van der Waals surface area contributed by atoms with Crippen LogP contribution in [0.15, 0.2) is 30.3 Å². The smallest absolute Gasteiger partial charge is 0.319 e. The summed E-state index contributed by atoms with van der Waals surface area (Å²) in [7, 11) is 0. The van der Waals surface area contributed by atoms with Crippen molar-refractivity contribution in [3.05, 3.63) is 35.9 Å². The minimum Gasteiger partial charge on any atom is -0.465 e. The molecule has 0 saturated carbocycles. The Kier molecular flexibility index (Phi) is 5.66. The number of benzene rings is 1. The third-order valence-corrected chi connectivity index (χ3v) is 2.49. The summed E-state index contributed by atoms with van der Waals surface area (Å²) in [5, 5.41) is 13.0. The maximum Gasteiger partial charge on any atom is 0.319 e. The topological polar surface area (TPSA) is 58.6 Å². The van der Waals surface area contributed by atoms with Gasteiger partial charge in [0.05, 0.1) is 19.3 Å². The van der Waals surface area contributed by atoms with Gasteiger partial charge in [0.1, 0.15) is 0 Å². The van der Waals surface area contributed by atoms with Crippen LogP contribution < -0.4 is 5.32 Å². The zero-order chi connectivity index (χ0) is 12.7. The molecule has 94 valence electrons. The zero-order valence-electron chi connectivity index (χ0n) is 10.2. The van der Waals surface area contributed by atoms with Crippen LogP contribution in [0.2, 0.25) is 0 Å². The molecule has 0 amide bonds. The molecule has 0 fully saturated rings. The van der Waals surface area contributed by atoms with Crippen LogP contribution in [-0.4, -0.2) is 30.3 Å². The van der Waals surface area contributed by atoms with Gasteiger partial charge in [-0.2, -0.15) is 0 Å². The molecular weight excluding hydrogens is 218 g/mol. The van der Waals surface area contributed by atoms with E-state index in [-0.39, 0.29) is 18.6 Å². The first-order chi connectivity index (χ1) is 8.15. The number of aliphatic hydroxyl groups excluding tert-OH is 1. The van der Waals surface area contributed by atoms with E-state index in [1.165, 1.54) is 0 Å². The molecule has 0 saturated heterocycles. The first-order valence-electron chi connectivity index (χ1n) is 5.77. The van der Waals surface area contributed by atoms with E-state index in [9.17, 15) is 9.90 Å². The Morgan fingerprint density at radius 2 is 2.06 bits per heavy atom. The number of nitrogens with one attached hydrogen (secondary N) is 1. The molecule has 0 aliphatic rings. The van der Waals surface area contributed by atoms with Gasteiger partial charge in [0.2, 0.25) is 0 Å². The minimum atomic E-state index is -0.634. The molecule has 0 aromatic heterocycles. The number of ether oxygens (including phenoxy) is 1. The van der Waals surface area contributed by atoms with Crippen molar-refractivity contribution in [2.75, 3.05) is 13.2 Å². The number of carbonyl (C=O) groups is 1. The number of hydrogen-bond donors (Lipinski definition) is 2. The summed E-state index contributed by atoms with van der Waals surface area (Å²) in [5.74, 6) is -0.306. The van der Waals surface area contributed by atoms with Crippen molar-refractivity contribution >= 4 is 5.97 Å². The number of rotatable bonds is 6. The van der Waals surface area contributed by atoms with Crippen molar-refractivity contribution < 1.29 is 14.6 Å². The van der Waals surface area contributed by atoms with Gasteiger partial charge in [0.25, 0.3) is 0 Å². The molecule has 0 aliphatic heterocycles. The molecule has 0 bridgehead atoms. The summed E-state index contributed by atoms with van der Waals surface area (Å²) >= 11 is 0. The molecule has 4 heteroatoms. The molecule has 1 rings (SSSR count). The fourth-order valence-electron chi connectivity index (χ4n) is 1.51. The van der Waals surface area contributed by atoms with Crippen LogP contribution in [0.3, 0.4) is 0 Å². The second kappa shape index (κ2) is 7.04. The zero-order valence-corrected chi connectivity index (χ0v) is 10.2. The van der Waals surface area contributed by atoms with Gasteiger partial charge >= 0.3 is 5.97 Å². The Labute approximate surface area is 102 Å². The van der Waals surface area contributed by atoms with E-state index in [0.717, 1.165) is 5.56 Å². The van der Waals surface area contributed by atoms with E-state index in [1.807, 2.05) is 37.3 Å². The van der Waals surface area contributed by atoms with E-state index in [1.54, 1.807) is 6.92 Å². The standard InChI is InChI=1S/C13H19NO3/c1-3-17-12(15)9-14-10(2)13(16)11-7-5-4-6-8-11/h4-8,10,13-14,16H,3,9H2,1-2H3/t10-,13-/m1/s1. The van der Waals surface area contributed by atoms with E-state index in [4.69, 9.17) is 4.74 Å². The average molecular weight is 237 g/mol. The number of hydrogen-bond acceptors (Lipinski definition) is 4. The van der Waals surface area contributed by atoms with E-state index < -0.39 is 6.10 Å². The first-order valence-corrected chi connectivity index (χ1v) is 5.77. The Bertz CT molecular complexity index is 340. The fourth-order valence-corrected chi connectivity index (χ4v) is 1.51. The number of esters is 1. The second-order valence-electron chi connectivity index (χ2n) is 3.83. The van der Waals surface area contributed by atoms with Crippen molar-refractivity contribution in [2.24, 2.45) is 0 Å². The molecule has 2 atom stereocenters. The Balaban J connectivity index is 2.42. The van der Waals surface area contributed by atoms with Crippen LogP contribution in [0, 0.1) is 0 Å². The number of aliphatic hydroxyl groups is 1. The van der Waals surface area contributed by atoms with Gasteiger partial charge in [-0.1, -0.05) is 30.3 Å². The Hall–Kier alpha value is -1.39. The van der Waals surface area contributed by atoms with Crippen LogP contribution in [-0.2, 0) is 9.53 Å². The van der Waals surface area contributed by atoms with Crippen LogP contribution in [0.25, 0.3) is 0 Å². The first kappa shape index (κ1) is 13.7. The lowest BCUT2D eigenvalue weighted by atomic mass is 10.0. The summed E-state index contributed by atoms with van der Waals surface area (Å²) in [6, 6.07) is 9.14. The second-order valence-corrected chi connectivity index (χ2v) is 3.83. The predicted molar refractivity (Wildman–Crippen MR) is 65.5 cm³/mol. The quantitative estimate of drug-likeness (QED) is 0.731. The lowest BCUT2D eigenvalue weighted by Gasteiger charge is -2.20. The highest BCUT2D eigenvalue weighted by Crippen LogP contribution is 2.15. The van der Waals surface area contributed by atoms with Gasteiger partial charge in [-0.15, -0.1) is 0 Å². The van der Waals surface area contributed by atoms with Gasteiger partial charge in [-0.3, -0.25) is 4.79 Å². The van der Waals surface area contributed by atoms with Crippen LogP contribution in [0.4, 0.5) is 0 Å². The van der Waals surface area contributed by atoms with Gasteiger partial charge in [0, 0.05) is 6.04 Å². The largest absolute Gasteiger partial charge is 0.465 e. The summed E-state index contributed by atoms with van der Waals surface area (Å²) in [6.07, 6.45) is -0.634. The van der Waals surface area contributed by atoms with Gasteiger partial charge < -0.3 is 15.2 Å². The summed E-state index contributed by atoms with van der Waals surface area (Å²) in [6.45, 7) is 4.08. The predicted octanol–water partition coefficient (Wildman–Crippen LogP) is 1.26. The fraction of sp³-hybridized carbons (Fsp3) is 0.462. The summed E-state index contributed by atoms with van der Waals surface area (Å²) in [5.41, 5.74) is 0.830. The van der Waals surface area contributed by atoms with Crippen LogP contribution >= 0.6 is 0 Å². The molecule has 0 aliphatic carbocycles. The highest BCUT2D eigenvalue weighted by atomic mass is 16.5. The Morgan fingerprint density at radius 3 is 2.65 bits per heavy atom. The van der Waals surface area contributed by atoms with Gasteiger partial charge in [0.15, 0.2) is 0 Å². The van der Waals surface area contributed by atoms with Crippen molar-refractivity contribution in [1.82, 2.24) is 5.32 Å². The third-order valence-electron chi connectivity index (χ3n) is 2.49. The normalized spacial score (nSPS) is 14.1. The summed E-state index contributed by atoms with van der Waals surface area (Å²) < 4.78 is 4.79. The lowest BCUT2D eigenvalue weighted by molar-refractivity contribution is -0.142. The highest BCUT2D eigenvalue weighted by Gasteiger charge is 2.16. The maximum atomic E-state index is 11.1. The van der Waals surface area contributed by atoms with Gasteiger partial charge in [-0.25, -0.2) is 0 Å². The van der Waals surface area contributed by atoms with E-state index in [2.05, 4.69) is 5.32 Å². The van der Waals surface area contributed by atoms with E-state index >= 15 is 0 Å². The molecule has 2 N–H and O–H groups in total. The molecule has 0 heterocycles. The molecule has 0 radical (unpaired) electrons. The molecule has 0 unspecified atom stereocenters. The molecule has 0 spiro atoms. The monoisotopic (exact) mass is 237 g/mol. The Morgan fingerprint density at radius 1 is 1.41 bits per heavy atom. The van der Waals surface area contributed by atoms with Crippen molar-refractivity contribution in [3.8, 4) is 0 Å². The van der Waals surface area contributed by atoms with Crippen LogP contribution in [0.5, 0.6) is 0 Å². The lowest BCUT2D eigenvalue weighted by Crippen LogP contribution is -2.36. The molecule has 1 aromatic rings. The highest BCUT2D eigenvalue weighted by molar-refractivity contribution is 5.71. The van der Waals surface area contributed by atoms with Crippen molar-refractivity contribution in [1.29, 1.82) is 0 Å². The minimum absolute atomic E-state index is 0.110. The number of carbonyl (C=O) groups excluding carboxylic acids is 1. The molecular formula is C13H19NO3. The maximum absolute atomic E-state index is 11.1. The van der Waals surface area contributed by atoms with E-state index in [0.29, 0.717) is 6.61 Å². The van der Waals surface area contributed by atoms with Crippen molar-refractivity contribution in [2.45, 2.75) is 26.0 Å². The molecule has 4 nitrogen and oxygen atoms in total. The molecule has 17 heavy (non-hydrogen) atoms. The molecule has 1 aromatic carbocycles. The SMILES string of the molecule is CCOC(=O)CN[C@H](C)[C@@H](O)c1ccccc1. The van der Waals surface area contributed by atoms with Crippen molar-refractivity contribution in [3.63, 3.8) is 0 Å². The summed E-state index contributed by atoms with van der Waals surface area (Å²) in [4.78, 5) is 11.1.